The van der Waals surface area contributed by atoms with E-state index in [9.17, 15) is 4.79 Å². The number of rotatable bonds is 5. The van der Waals surface area contributed by atoms with Crippen LogP contribution in [0, 0.1) is 5.92 Å². The van der Waals surface area contributed by atoms with E-state index in [0.717, 1.165) is 39.0 Å². The summed E-state index contributed by atoms with van der Waals surface area (Å²) in [7, 11) is 0. The molecule has 17 heavy (non-hydrogen) atoms. The Morgan fingerprint density at radius 2 is 2.29 bits per heavy atom. The van der Waals surface area contributed by atoms with Gasteiger partial charge in [0.1, 0.15) is 0 Å². The lowest BCUT2D eigenvalue weighted by atomic mass is 9.94. The first-order chi connectivity index (χ1) is 8.34. The quantitative estimate of drug-likeness (QED) is 0.755. The van der Waals surface area contributed by atoms with E-state index in [4.69, 9.17) is 4.74 Å². The second-order valence-corrected chi connectivity index (χ2v) is 5.19. The third-order valence-corrected chi connectivity index (χ3v) is 3.73. The van der Waals surface area contributed by atoms with Gasteiger partial charge in [-0.3, -0.25) is 4.79 Å². The van der Waals surface area contributed by atoms with E-state index in [0.29, 0.717) is 18.9 Å². The van der Waals surface area contributed by atoms with Crippen molar-refractivity contribution in [1.29, 1.82) is 0 Å². The van der Waals surface area contributed by atoms with E-state index < -0.39 is 0 Å². The molecule has 0 aliphatic carbocycles. The summed E-state index contributed by atoms with van der Waals surface area (Å²) in [6, 6.07) is 0. The molecule has 0 radical (unpaired) electrons. The van der Waals surface area contributed by atoms with E-state index in [1.807, 2.05) is 0 Å². The highest BCUT2D eigenvalue weighted by Crippen LogP contribution is 2.16. The van der Waals surface area contributed by atoms with Crippen molar-refractivity contribution >= 4 is 5.91 Å². The molecule has 2 rings (SSSR count). The molecule has 0 bridgehead atoms. The summed E-state index contributed by atoms with van der Waals surface area (Å²) in [5.41, 5.74) is 0. The molecule has 4 nitrogen and oxygen atoms in total. The van der Waals surface area contributed by atoms with Crippen LogP contribution in [0.15, 0.2) is 0 Å². The summed E-state index contributed by atoms with van der Waals surface area (Å²) in [5, 5.41) is 6.36. The molecule has 2 unspecified atom stereocenters. The first-order valence-corrected chi connectivity index (χ1v) is 6.93. The second kappa shape index (κ2) is 6.97. The molecule has 0 saturated carbocycles. The molecule has 98 valence electrons. The van der Waals surface area contributed by atoms with Crippen molar-refractivity contribution in [3.05, 3.63) is 0 Å². The molecule has 2 aliphatic heterocycles. The molecular weight excluding hydrogens is 216 g/mol. The lowest BCUT2D eigenvalue weighted by Gasteiger charge is -2.22. The Morgan fingerprint density at radius 3 is 3.00 bits per heavy atom. The molecule has 4 heteroatoms. The van der Waals surface area contributed by atoms with Gasteiger partial charge in [0, 0.05) is 19.6 Å². The van der Waals surface area contributed by atoms with Gasteiger partial charge in [-0.15, -0.1) is 0 Å². The van der Waals surface area contributed by atoms with Gasteiger partial charge in [0.25, 0.3) is 0 Å². The van der Waals surface area contributed by atoms with Crippen LogP contribution in [0.4, 0.5) is 0 Å². The Balaban J connectivity index is 1.53. The Kier molecular flexibility index (Phi) is 5.26. The summed E-state index contributed by atoms with van der Waals surface area (Å²) >= 11 is 0. The summed E-state index contributed by atoms with van der Waals surface area (Å²) in [6.45, 7) is 3.77. The van der Waals surface area contributed by atoms with Crippen LogP contribution in [0.2, 0.25) is 0 Å². The lowest BCUT2D eigenvalue weighted by molar-refractivity contribution is -0.121. The zero-order valence-corrected chi connectivity index (χ0v) is 10.5. The number of nitrogens with one attached hydrogen (secondary N) is 2. The maximum atomic E-state index is 11.7. The smallest absolute Gasteiger partial charge is 0.220 e. The SMILES string of the molecule is O=C(CCC1CCCNC1)NCC1CCCO1. The third-order valence-electron chi connectivity index (χ3n) is 3.73. The number of amides is 1. The van der Waals surface area contributed by atoms with E-state index in [1.54, 1.807) is 0 Å². The van der Waals surface area contributed by atoms with Crippen molar-refractivity contribution < 1.29 is 9.53 Å². The Bertz CT molecular complexity index is 234. The van der Waals surface area contributed by atoms with E-state index >= 15 is 0 Å². The van der Waals surface area contributed by atoms with Crippen LogP contribution in [0.1, 0.15) is 38.5 Å². The summed E-state index contributed by atoms with van der Waals surface area (Å²) < 4.78 is 5.47. The van der Waals surface area contributed by atoms with E-state index in [-0.39, 0.29) is 12.0 Å². The molecule has 2 N–H and O–H groups in total. The predicted octanol–water partition coefficient (Wildman–Crippen LogP) is 1.06. The summed E-state index contributed by atoms with van der Waals surface area (Å²) in [4.78, 5) is 11.7. The average molecular weight is 240 g/mol. The highest BCUT2D eigenvalue weighted by molar-refractivity contribution is 5.75. The highest BCUT2D eigenvalue weighted by atomic mass is 16.5. The number of carbonyl (C=O) groups excluding carboxylic acids is 1. The monoisotopic (exact) mass is 240 g/mol. The first kappa shape index (κ1) is 12.8. The van der Waals surface area contributed by atoms with Gasteiger partial charge in [-0.1, -0.05) is 0 Å². The highest BCUT2D eigenvalue weighted by Gasteiger charge is 2.17. The van der Waals surface area contributed by atoms with Crippen LogP contribution >= 0.6 is 0 Å². The normalized spacial score (nSPS) is 29.2. The molecule has 2 heterocycles. The van der Waals surface area contributed by atoms with Gasteiger partial charge < -0.3 is 15.4 Å². The van der Waals surface area contributed by atoms with Crippen molar-refractivity contribution in [1.82, 2.24) is 10.6 Å². The summed E-state index contributed by atoms with van der Waals surface area (Å²) in [6.07, 6.45) is 6.69. The van der Waals surface area contributed by atoms with E-state index in [1.165, 1.54) is 12.8 Å². The van der Waals surface area contributed by atoms with Crippen molar-refractivity contribution in [2.45, 2.75) is 44.6 Å². The Morgan fingerprint density at radius 1 is 1.35 bits per heavy atom. The predicted molar refractivity (Wildman–Crippen MR) is 66.8 cm³/mol. The molecule has 2 atom stereocenters. The lowest BCUT2D eigenvalue weighted by Crippen LogP contribution is -2.33. The number of carbonyl (C=O) groups is 1. The van der Waals surface area contributed by atoms with Crippen LogP contribution in [-0.4, -0.2) is 38.3 Å². The maximum absolute atomic E-state index is 11.7. The van der Waals surface area contributed by atoms with Gasteiger partial charge >= 0.3 is 0 Å². The standard InChI is InChI=1S/C13H24N2O2/c16-13(15-10-12-4-2-8-17-12)6-5-11-3-1-7-14-9-11/h11-12,14H,1-10H2,(H,15,16). The molecule has 1 amide bonds. The van der Waals surface area contributed by atoms with Crippen LogP contribution in [-0.2, 0) is 9.53 Å². The van der Waals surface area contributed by atoms with E-state index in [2.05, 4.69) is 10.6 Å². The summed E-state index contributed by atoms with van der Waals surface area (Å²) in [5.74, 6) is 0.878. The minimum atomic E-state index is 0.186. The zero-order valence-electron chi connectivity index (χ0n) is 10.5. The van der Waals surface area contributed by atoms with Crippen molar-refractivity contribution in [3.63, 3.8) is 0 Å². The van der Waals surface area contributed by atoms with Crippen LogP contribution in [0.5, 0.6) is 0 Å². The number of ether oxygens (including phenoxy) is 1. The topological polar surface area (TPSA) is 50.4 Å². The van der Waals surface area contributed by atoms with Crippen LogP contribution in [0.3, 0.4) is 0 Å². The van der Waals surface area contributed by atoms with Crippen LogP contribution in [0.25, 0.3) is 0 Å². The number of hydrogen-bond donors (Lipinski definition) is 2. The number of hydrogen-bond acceptors (Lipinski definition) is 3. The number of piperidine rings is 1. The molecule has 2 saturated heterocycles. The van der Waals surface area contributed by atoms with Gasteiger partial charge in [0.15, 0.2) is 0 Å². The minimum Gasteiger partial charge on any atom is -0.376 e. The molecule has 0 spiro atoms. The molecular formula is C13H24N2O2. The first-order valence-electron chi connectivity index (χ1n) is 6.93. The van der Waals surface area contributed by atoms with Gasteiger partial charge in [-0.25, -0.2) is 0 Å². The third kappa shape index (κ3) is 4.64. The van der Waals surface area contributed by atoms with Gasteiger partial charge in [-0.05, 0) is 51.1 Å². The van der Waals surface area contributed by atoms with Crippen molar-refractivity contribution in [2.24, 2.45) is 5.92 Å². The molecule has 0 aromatic heterocycles. The minimum absolute atomic E-state index is 0.186. The van der Waals surface area contributed by atoms with Crippen molar-refractivity contribution in [2.75, 3.05) is 26.2 Å². The largest absolute Gasteiger partial charge is 0.376 e. The molecule has 2 aliphatic rings. The fourth-order valence-electron chi connectivity index (χ4n) is 2.63. The van der Waals surface area contributed by atoms with Crippen molar-refractivity contribution in [3.8, 4) is 0 Å². The molecule has 0 aromatic carbocycles. The Labute approximate surface area is 103 Å². The fourth-order valence-corrected chi connectivity index (χ4v) is 2.63. The average Bonchev–Trinajstić information content (AvgIpc) is 2.88. The van der Waals surface area contributed by atoms with Gasteiger partial charge in [0.2, 0.25) is 5.91 Å². The van der Waals surface area contributed by atoms with Gasteiger partial charge in [0.05, 0.1) is 6.10 Å². The zero-order chi connectivity index (χ0) is 11.9. The maximum Gasteiger partial charge on any atom is 0.220 e. The van der Waals surface area contributed by atoms with Gasteiger partial charge in [-0.2, -0.15) is 0 Å². The molecule has 2 fully saturated rings. The Hall–Kier alpha value is -0.610. The second-order valence-electron chi connectivity index (χ2n) is 5.19. The molecule has 0 aromatic rings. The fraction of sp³-hybridized carbons (Fsp3) is 0.923. The van der Waals surface area contributed by atoms with Crippen LogP contribution < -0.4 is 10.6 Å².